The fourth-order valence-electron chi connectivity index (χ4n) is 1.08. The van der Waals surface area contributed by atoms with Crippen molar-refractivity contribution in [3.05, 3.63) is 0 Å². The molecule has 1 aliphatic rings. The Morgan fingerprint density at radius 3 is 1.90 bits per heavy atom. The van der Waals surface area contributed by atoms with Gasteiger partial charge in [0.15, 0.2) is 0 Å². The minimum atomic E-state index is 0.521. The van der Waals surface area contributed by atoms with Gasteiger partial charge in [0, 0.05) is 6.42 Å². The molecule has 0 heterocycles. The van der Waals surface area contributed by atoms with Crippen LogP contribution in [0.3, 0.4) is 0 Å². The van der Waals surface area contributed by atoms with Crippen molar-refractivity contribution in [2.75, 3.05) is 0 Å². The van der Waals surface area contributed by atoms with Gasteiger partial charge in [-0.15, -0.1) is 0 Å². The summed E-state index contributed by atoms with van der Waals surface area (Å²) in [7, 11) is 0. The number of hydrogen-bond acceptors (Lipinski definition) is 4. The molecule has 4 heteroatoms. The van der Waals surface area contributed by atoms with Crippen LogP contribution in [0.15, 0.2) is 10.3 Å². The number of oxime groups is 2. The highest BCUT2D eigenvalue weighted by atomic mass is 16.4. The number of hydrogen-bond donors (Lipinski definition) is 2. The lowest BCUT2D eigenvalue weighted by Crippen LogP contribution is -2.14. The van der Waals surface area contributed by atoms with E-state index in [1.807, 2.05) is 0 Å². The Bertz CT molecular complexity index is 157. The summed E-state index contributed by atoms with van der Waals surface area (Å²) in [5.41, 5.74) is 1.41. The second-order valence-electron chi connectivity index (χ2n) is 2.36. The van der Waals surface area contributed by atoms with Crippen LogP contribution in [0.1, 0.15) is 25.7 Å². The van der Waals surface area contributed by atoms with E-state index in [4.69, 9.17) is 10.4 Å². The summed E-state index contributed by atoms with van der Waals surface area (Å²) in [5.74, 6) is 0. The molecule has 0 radical (unpaired) electrons. The van der Waals surface area contributed by atoms with E-state index in [1.165, 1.54) is 0 Å². The molecule has 0 aromatic rings. The maximum Gasteiger partial charge on any atom is 0.0628 e. The molecular weight excluding hydrogens is 132 g/mol. The van der Waals surface area contributed by atoms with Crippen LogP contribution in [-0.2, 0) is 0 Å². The third-order valence-electron chi connectivity index (χ3n) is 1.62. The van der Waals surface area contributed by atoms with Gasteiger partial charge in [0.1, 0.15) is 0 Å². The van der Waals surface area contributed by atoms with Crippen molar-refractivity contribution in [3.8, 4) is 0 Å². The normalized spacial score (nSPS) is 27.6. The van der Waals surface area contributed by atoms with Crippen molar-refractivity contribution in [1.82, 2.24) is 0 Å². The van der Waals surface area contributed by atoms with Crippen molar-refractivity contribution in [2.24, 2.45) is 10.3 Å². The van der Waals surface area contributed by atoms with Crippen LogP contribution in [0.5, 0.6) is 0 Å². The SMILES string of the molecule is O/N=C1\CCC/C(=N\O)C1. The third kappa shape index (κ3) is 1.46. The molecule has 1 saturated carbocycles. The Balaban J connectivity index is 2.56. The molecule has 56 valence electrons. The van der Waals surface area contributed by atoms with Gasteiger partial charge in [0.05, 0.1) is 11.4 Å². The maximum atomic E-state index is 8.36. The molecule has 0 bridgehead atoms. The van der Waals surface area contributed by atoms with Gasteiger partial charge in [0.2, 0.25) is 0 Å². The third-order valence-corrected chi connectivity index (χ3v) is 1.62. The van der Waals surface area contributed by atoms with Crippen molar-refractivity contribution in [3.63, 3.8) is 0 Å². The molecule has 2 N–H and O–H groups in total. The highest BCUT2D eigenvalue weighted by Gasteiger charge is 2.13. The van der Waals surface area contributed by atoms with Gasteiger partial charge < -0.3 is 10.4 Å². The maximum absolute atomic E-state index is 8.36. The van der Waals surface area contributed by atoms with E-state index < -0.39 is 0 Å². The molecule has 1 aliphatic carbocycles. The van der Waals surface area contributed by atoms with Crippen molar-refractivity contribution >= 4 is 11.4 Å². The molecule has 0 aromatic carbocycles. The molecule has 0 amide bonds. The Morgan fingerprint density at radius 1 is 1.00 bits per heavy atom. The van der Waals surface area contributed by atoms with Gasteiger partial charge in [-0.05, 0) is 19.3 Å². The van der Waals surface area contributed by atoms with E-state index in [9.17, 15) is 0 Å². The van der Waals surface area contributed by atoms with E-state index in [0.29, 0.717) is 17.8 Å². The molecule has 0 saturated heterocycles. The fraction of sp³-hybridized carbons (Fsp3) is 0.667. The first kappa shape index (κ1) is 7.05. The first-order valence-electron chi connectivity index (χ1n) is 3.26. The molecule has 1 rings (SSSR count). The zero-order chi connectivity index (χ0) is 7.40. The standard InChI is InChI=1S/C6H10N2O2/c9-7-5-2-1-3-6(4-5)8-10/h9-10H,1-4H2/b7-5+,8-6+. The van der Waals surface area contributed by atoms with Crippen LogP contribution in [0, 0.1) is 0 Å². The molecule has 4 nitrogen and oxygen atoms in total. The van der Waals surface area contributed by atoms with Crippen LogP contribution >= 0.6 is 0 Å². The zero-order valence-corrected chi connectivity index (χ0v) is 5.62. The van der Waals surface area contributed by atoms with Crippen LogP contribution < -0.4 is 0 Å². The molecule has 0 aliphatic heterocycles. The van der Waals surface area contributed by atoms with Gasteiger partial charge >= 0.3 is 0 Å². The van der Waals surface area contributed by atoms with Gasteiger partial charge in [-0.25, -0.2) is 0 Å². The summed E-state index contributed by atoms with van der Waals surface area (Å²) in [6.45, 7) is 0. The lowest BCUT2D eigenvalue weighted by atomic mass is 9.97. The average Bonchev–Trinajstić information content (AvgIpc) is 2.05. The molecule has 0 unspecified atom stereocenters. The molecule has 0 atom stereocenters. The quantitative estimate of drug-likeness (QED) is 0.394. The lowest BCUT2D eigenvalue weighted by molar-refractivity contribution is 0.311. The highest BCUT2D eigenvalue weighted by molar-refractivity contribution is 6.05. The predicted molar refractivity (Wildman–Crippen MR) is 36.9 cm³/mol. The largest absolute Gasteiger partial charge is 0.411 e. The molecular formula is C6H10N2O2. The second-order valence-corrected chi connectivity index (χ2v) is 2.36. The molecule has 1 fully saturated rings. The Hall–Kier alpha value is -1.06. The topological polar surface area (TPSA) is 65.2 Å². The highest BCUT2D eigenvalue weighted by Crippen LogP contribution is 2.12. The van der Waals surface area contributed by atoms with Crippen molar-refractivity contribution in [2.45, 2.75) is 25.7 Å². The van der Waals surface area contributed by atoms with E-state index in [2.05, 4.69) is 10.3 Å². The number of nitrogens with zero attached hydrogens (tertiary/aromatic N) is 2. The van der Waals surface area contributed by atoms with Gasteiger partial charge in [0.25, 0.3) is 0 Å². The summed E-state index contributed by atoms with van der Waals surface area (Å²) in [5, 5.41) is 22.9. The van der Waals surface area contributed by atoms with Crippen LogP contribution in [0.2, 0.25) is 0 Å². The first-order valence-corrected chi connectivity index (χ1v) is 3.26. The van der Waals surface area contributed by atoms with Gasteiger partial charge in [-0.2, -0.15) is 0 Å². The minimum Gasteiger partial charge on any atom is -0.411 e. The Kier molecular flexibility index (Phi) is 2.25. The monoisotopic (exact) mass is 142 g/mol. The van der Waals surface area contributed by atoms with Crippen LogP contribution in [-0.4, -0.2) is 21.8 Å². The Morgan fingerprint density at radius 2 is 1.50 bits per heavy atom. The smallest absolute Gasteiger partial charge is 0.0628 e. The minimum absolute atomic E-state index is 0.521. The summed E-state index contributed by atoms with van der Waals surface area (Å²) in [6, 6.07) is 0. The van der Waals surface area contributed by atoms with Crippen LogP contribution in [0.25, 0.3) is 0 Å². The van der Waals surface area contributed by atoms with Crippen molar-refractivity contribution < 1.29 is 10.4 Å². The van der Waals surface area contributed by atoms with Crippen molar-refractivity contribution in [1.29, 1.82) is 0 Å². The first-order chi connectivity index (χ1) is 4.86. The summed E-state index contributed by atoms with van der Waals surface area (Å²) < 4.78 is 0. The zero-order valence-electron chi connectivity index (χ0n) is 5.62. The van der Waals surface area contributed by atoms with E-state index in [1.54, 1.807) is 0 Å². The summed E-state index contributed by atoms with van der Waals surface area (Å²) in [6.07, 6.45) is 3.07. The van der Waals surface area contributed by atoms with Gasteiger partial charge in [-0.3, -0.25) is 0 Å². The molecule has 10 heavy (non-hydrogen) atoms. The van der Waals surface area contributed by atoms with E-state index >= 15 is 0 Å². The molecule has 0 spiro atoms. The lowest BCUT2D eigenvalue weighted by Gasteiger charge is -2.11. The van der Waals surface area contributed by atoms with E-state index in [0.717, 1.165) is 19.3 Å². The van der Waals surface area contributed by atoms with Gasteiger partial charge in [-0.1, -0.05) is 10.3 Å². The van der Waals surface area contributed by atoms with E-state index in [-0.39, 0.29) is 0 Å². The molecule has 0 aromatic heterocycles. The predicted octanol–water partition coefficient (Wildman–Crippen LogP) is 1.22. The Labute approximate surface area is 58.8 Å². The summed E-state index contributed by atoms with van der Waals surface area (Å²) in [4.78, 5) is 0. The van der Waals surface area contributed by atoms with Crippen LogP contribution in [0.4, 0.5) is 0 Å². The summed E-state index contributed by atoms with van der Waals surface area (Å²) >= 11 is 0. The second kappa shape index (κ2) is 3.20. The average molecular weight is 142 g/mol. The number of rotatable bonds is 0. The fourth-order valence-corrected chi connectivity index (χ4v) is 1.08.